The maximum Gasteiger partial charge on any atom is 0.329 e. The lowest BCUT2D eigenvalue weighted by Gasteiger charge is -2.47. The van der Waals surface area contributed by atoms with E-state index in [0.29, 0.717) is 56.9 Å². The standard InChI is InChI=1S/C43H68N2O12/c1-9-12-29-18-24(2)17-25(3)19-35(54-7)39-36(55-8)21-27(5)43(52,57-39)40(49)41(50)45-16-11-10-13-30(45)42(51)56-38(37(44)33(48)23-32(29)47)26(4)20-28-14-15-31(46)34(22-28)53-6/h9,18,20,25,27-31,33-39,46,48,52H,1,10-17,19,21-23,44H2,2-8H3/b24-18+,26-20+/t25-,27+,28?,29+,30-,31+,33-,34+,35-,36-,37+,38+,39+,43+/m0/s1. The fourth-order valence-electron chi connectivity index (χ4n) is 9.24. The summed E-state index contributed by atoms with van der Waals surface area (Å²) in [5.41, 5.74) is 8.18. The van der Waals surface area contributed by atoms with Gasteiger partial charge >= 0.3 is 5.97 Å². The number of methoxy groups -OCH3 is 3. The lowest BCUT2D eigenvalue weighted by molar-refractivity contribution is -0.302. The third kappa shape index (κ3) is 11.3. The van der Waals surface area contributed by atoms with Gasteiger partial charge in [-0.25, -0.2) is 4.79 Å². The van der Waals surface area contributed by atoms with E-state index in [9.17, 15) is 34.5 Å². The van der Waals surface area contributed by atoms with Crippen molar-refractivity contribution >= 4 is 23.4 Å². The molecule has 0 aromatic carbocycles. The smallest absolute Gasteiger partial charge is 0.329 e. The minimum Gasteiger partial charge on any atom is -0.455 e. The first-order valence-electron chi connectivity index (χ1n) is 20.6. The number of carbonyl (C=O) groups is 4. The van der Waals surface area contributed by atoms with Crippen molar-refractivity contribution in [1.82, 2.24) is 4.90 Å². The number of amides is 1. The lowest BCUT2D eigenvalue weighted by Crippen LogP contribution is -2.64. The van der Waals surface area contributed by atoms with Crippen molar-refractivity contribution in [1.29, 1.82) is 0 Å². The molecule has 0 radical (unpaired) electrons. The first-order chi connectivity index (χ1) is 27.0. The first kappa shape index (κ1) is 46.9. The molecule has 14 heteroatoms. The molecule has 1 unspecified atom stereocenters. The largest absolute Gasteiger partial charge is 0.455 e. The number of fused-ring (bicyclic) bond motifs is 3. The maximum absolute atomic E-state index is 14.2. The van der Waals surface area contributed by atoms with Gasteiger partial charge in [-0.05, 0) is 95.5 Å². The van der Waals surface area contributed by atoms with E-state index in [0.717, 1.165) is 10.5 Å². The summed E-state index contributed by atoms with van der Waals surface area (Å²) in [7, 11) is 4.57. The zero-order chi connectivity index (χ0) is 42.2. The zero-order valence-electron chi connectivity index (χ0n) is 35.0. The number of hydrogen-bond acceptors (Lipinski definition) is 13. The van der Waals surface area contributed by atoms with Crippen LogP contribution in [0.5, 0.6) is 0 Å². The maximum atomic E-state index is 14.2. The number of rotatable bonds is 7. The Labute approximate surface area is 338 Å². The van der Waals surface area contributed by atoms with Crippen molar-refractivity contribution in [2.45, 2.75) is 159 Å². The summed E-state index contributed by atoms with van der Waals surface area (Å²) in [5, 5.41) is 34.0. The molecule has 0 aromatic rings. The summed E-state index contributed by atoms with van der Waals surface area (Å²) < 4.78 is 29.6. The SMILES string of the molecule is C=CC[C@@H]1/C=C(\C)C[C@H](C)C[C@H](OC)[C@H]2O[C@@](O)(C(=O)C(=O)N3CCCC[C@H]3C(=O)O[C@H](/C(C)=C/C3CC[C@@H](O)[C@H](OC)C3)[C@H](N)[C@@H](O)CC1=O)[C@H](C)C[C@@H]2OC. The van der Waals surface area contributed by atoms with Crippen LogP contribution in [0.25, 0.3) is 0 Å². The molecule has 3 heterocycles. The summed E-state index contributed by atoms with van der Waals surface area (Å²) >= 11 is 0. The van der Waals surface area contributed by atoms with Crippen molar-refractivity contribution < 1.29 is 58.2 Å². The van der Waals surface area contributed by atoms with Crippen molar-refractivity contribution in [2.75, 3.05) is 27.9 Å². The molecule has 4 rings (SSSR count). The van der Waals surface area contributed by atoms with Gasteiger partial charge in [0.25, 0.3) is 11.7 Å². The minimum absolute atomic E-state index is 0.0101. The molecule has 4 aliphatic rings. The number of Topliss-reactive ketones (excluding diaryl/α,β-unsaturated/α-hetero) is 2. The molecule has 2 saturated heterocycles. The number of esters is 1. The lowest BCUT2D eigenvalue weighted by atomic mass is 9.82. The summed E-state index contributed by atoms with van der Waals surface area (Å²) in [6, 6.07) is -2.44. The Morgan fingerprint density at radius 1 is 0.965 bits per heavy atom. The molecule has 57 heavy (non-hydrogen) atoms. The molecule has 322 valence electrons. The van der Waals surface area contributed by atoms with Crippen LogP contribution in [0.2, 0.25) is 0 Å². The van der Waals surface area contributed by atoms with Crippen LogP contribution in [0.3, 0.4) is 0 Å². The van der Waals surface area contributed by atoms with Gasteiger partial charge in [-0.15, -0.1) is 6.58 Å². The molecule has 3 fully saturated rings. The van der Waals surface area contributed by atoms with E-state index in [1.54, 1.807) is 19.9 Å². The number of nitrogens with zero attached hydrogens (tertiary/aromatic N) is 1. The van der Waals surface area contributed by atoms with E-state index in [1.807, 2.05) is 26.0 Å². The van der Waals surface area contributed by atoms with E-state index < -0.39 is 90.1 Å². The van der Waals surface area contributed by atoms with Crippen molar-refractivity contribution in [2.24, 2.45) is 29.4 Å². The van der Waals surface area contributed by atoms with Crippen LogP contribution in [-0.4, -0.2) is 132 Å². The van der Waals surface area contributed by atoms with Crippen LogP contribution in [0.15, 0.2) is 36.0 Å². The molecule has 1 amide bonds. The van der Waals surface area contributed by atoms with Crippen molar-refractivity contribution in [3.8, 4) is 0 Å². The van der Waals surface area contributed by atoms with Gasteiger partial charge < -0.3 is 49.6 Å². The van der Waals surface area contributed by atoms with Crippen LogP contribution in [-0.2, 0) is 42.9 Å². The number of hydrogen-bond donors (Lipinski definition) is 4. The third-order valence-electron chi connectivity index (χ3n) is 12.6. The molecule has 3 aliphatic heterocycles. The van der Waals surface area contributed by atoms with Crippen LogP contribution in [0, 0.1) is 23.7 Å². The van der Waals surface area contributed by atoms with E-state index in [-0.39, 0.29) is 43.4 Å². The zero-order valence-corrected chi connectivity index (χ0v) is 35.0. The Balaban J connectivity index is 1.78. The molecular formula is C43H68N2O12. The summed E-state index contributed by atoms with van der Waals surface area (Å²) in [6.07, 6.45) is 3.81. The van der Waals surface area contributed by atoms with Gasteiger partial charge in [0.1, 0.15) is 24.0 Å². The number of ether oxygens (including phenoxy) is 5. The number of cyclic esters (lactones) is 1. The van der Waals surface area contributed by atoms with Crippen molar-refractivity contribution in [3.63, 3.8) is 0 Å². The van der Waals surface area contributed by atoms with E-state index >= 15 is 0 Å². The summed E-state index contributed by atoms with van der Waals surface area (Å²) in [5.74, 6) is -7.40. The van der Waals surface area contributed by atoms with Gasteiger partial charge in [0.15, 0.2) is 0 Å². The highest BCUT2D eigenvalue weighted by atomic mass is 16.7. The molecule has 1 saturated carbocycles. The molecule has 2 bridgehead atoms. The highest BCUT2D eigenvalue weighted by Crippen LogP contribution is 2.39. The quantitative estimate of drug-likeness (QED) is 0.166. The monoisotopic (exact) mass is 804 g/mol. The number of nitrogens with two attached hydrogens (primary N) is 1. The number of allylic oxidation sites excluding steroid dienone is 4. The van der Waals surface area contributed by atoms with Gasteiger partial charge in [-0.1, -0.05) is 37.6 Å². The second kappa shape index (κ2) is 20.9. The van der Waals surface area contributed by atoms with Crippen LogP contribution < -0.4 is 5.73 Å². The van der Waals surface area contributed by atoms with Gasteiger partial charge in [-0.3, -0.25) is 14.4 Å². The van der Waals surface area contributed by atoms with Crippen molar-refractivity contribution in [3.05, 3.63) is 36.0 Å². The van der Waals surface area contributed by atoms with Gasteiger partial charge in [0, 0.05) is 46.1 Å². The molecule has 5 N–H and O–H groups in total. The van der Waals surface area contributed by atoms with E-state index in [4.69, 9.17) is 29.4 Å². The number of carbonyl (C=O) groups excluding carboxylic acids is 4. The van der Waals surface area contributed by atoms with Gasteiger partial charge in [0.05, 0.1) is 36.6 Å². The topological polar surface area (TPSA) is 204 Å². The molecule has 0 aromatic heterocycles. The third-order valence-corrected chi connectivity index (χ3v) is 12.6. The Bertz CT molecular complexity index is 1480. The molecule has 0 spiro atoms. The van der Waals surface area contributed by atoms with E-state index in [1.165, 1.54) is 21.3 Å². The average Bonchev–Trinajstić information content (AvgIpc) is 3.18. The first-order valence-corrected chi connectivity index (χ1v) is 20.6. The molecule has 14 nitrogen and oxygen atoms in total. The normalized spacial score (nSPS) is 41.0. The average molecular weight is 805 g/mol. The number of ketones is 2. The highest BCUT2D eigenvalue weighted by molar-refractivity contribution is 6.39. The highest BCUT2D eigenvalue weighted by Gasteiger charge is 2.56. The van der Waals surface area contributed by atoms with Crippen LogP contribution in [0.1, 0.15) is 98.3 Å². The Kier molecular flexibility index (Phi) is 17.2. The summed E-state index contributed by atoms with van der Waals surface area (Å²) in [4.78, 5) is 57.6. The minimum atomic E-state index is -2.53. The summed E-state index contributed by atoms with van der Waals surface area (Å²) in [6.45, 7) is 11.2. The Morgan fingerprint density at radius 2 is 1.63 bits per heavy atom. The van der Waals surface area contributed by atoms with Gasteiger partial charge in [-0.2, -0.15) is 0 Å². The van der Waals surface area contributed by atoms with Crippen LogP contribution >= 0.6 is 0 Å². The number of aliphatic hydroxyl groups is 3. The fraction of sp³-hybridized carbons (Fsp3) is 0.767. The number of aliphatic hydroxyl groups excluding tert-OH is 2. The van der Waals surface area contributed by atoms with E-state index in [2.05, 4.69) is 6.58 Å². The second-order valence-electron chi connectivity index (χ2n) is 17.0. The molecule has 14 atom stereocenters. The predicted octanol–water partition coefficient (Wildman–Crippen LogP) is 3.33. The Morgan fingerprint density at radius 3 is 2.28 bits per heavy atom. The Hall–Kier alpha value is -2.82. The fourth-order valence-corrected chi connectivity index (χ4v) is 9.24. The van der Waals surface area contributed by atoms with Crippen LogP contribution in [0.4, 0.5) is 0 Å². The van der Waals surface area contributed by atoms with Gasteiger partial charge in [0.2, 0.25) is 5.79 Å². The number of piperidine rings is 1. The second-order valence-corrected chi connectivity index (χ2v) is 17.0. The molecule has 1 aliphatic carbocycles. The predicted molar refractivity (Wildman–Crippen MR) is 211 cm³/mol. The molecular weight excluding hydrogens is 736 g/mol.